The molecule has 4 N–H and O–H groups in total. The Morgan fingerprint density at radius 3 is 1.39 bits per heavy atom. The van der Waals surface area contributed by atoms with Crippen molar-refractivity contribution in [3.8, 4) is 0 Å². The predicted molar refractivity (Wildman–Crippen MR) is 141 cm³/mol. The molecule has 2 fully saturated rings. The molecule has 0 aromatic rings. The quantitative estimate of drug-likeness (QED) is 0.0627. The molecule has 228 valence electrons. The van der Waals surface area contributed by atoms with Crippen LogP contribution in [-0.4, -0.2) is 99.7 Å². The van der Waals surface area contributed by atoms with Crippen LogP contribution in [0.2, 0.25) is 0 Å². The molecular weight excluding hydrogens is 544 g/mol. The molecule has 15 nitrogen and oxygen atoms in total. The van der Waals surface area contributed by atoms with Gasteiger partial charge in [-0.15, -0.1) is 0 Å². The van der Waals surface area contributed by atoms with E-state index in [1.165, 1.54) is 13.8 Å². The second-order valence-electron chi connectivity index (χ2n) is 9.47. The molecule has 0 aromatic carbocycles. The van der Waals surface area contributed by atoms with E-state index >= 15 is 0 Å². The van der Waals surface area contributed by atoms with Crippen LogP contribution >= 0.6 is 0 Å². The van der Waals surface area contributed by atoms with E-state index in [9.17, 15) is 28.8 Å². The number of esters is 4. The fourth-order valence-electron chi connectivity index (χ4n) is 3.71. The van der Waals surface area contributed by atoms with Crippen LogP contribution in [0.25, 0.3) is 0 Å². The molecular formula is C26H38N4O11. The highest BCUT2D eigenvalue weighted by atomic mass is 16.6. The minimum atomic E-state index is -0.576. The van der Waals surface area contributed by atoms with Gasteiger partial charge in [-0.25, -0.2) is 19.2 Å². The summed E-state index contributed by atoms with van der Waals surface area (Å²) in [5.41, 5.74) is 0.476. The number of fused-ring (bicyclic) bond motifs is 1. The SMILES string of the molecule is C=C(C)C(=O)OCCOC(=O)CCNC(=O)NC1CC2O[C@@H]2CC1NC(=O)NCCC(=O)OCCOC(=O)C(=C)C. The van der Waals surface area contributed by atoms with Crippen LogP contribution in [0.5, 0.6) is 0 Å². The van der Waals surface area contributed by atoms with Gasteiger partial charge in [-0.2, -0.15) is 0 Å². The molecule has 1 saturated carbocycles. The average Bonchev–Trinajstić information content (AvgIpc) is 3.66. The lowest BCUT2D eigenvalue weighted by Crippen LogP contribution is -2.58. The van der Waals surface area contributed by atoms with Gasteiger partial charge < -0.3 is 45.0 Å². The second-order valence-corrected chi connectivity index (χ2v) is 9.47. The lowest BCUT2D eigenvalue weighted by Gasteiger charge is -2.30. The van der Waals surface area contributed by atoms with Crippen molar-refractivity contribution >= 4 is 35.9 Å². The van der Waals surface area contributed by atoms with Gasteiger partial charge in [0, 0.05) is 24.2 Å². The summed E-state index contributed by atoms with van der Waals surface area (Å²) in [5.74, 6) is -2.30. The van der Waals surface area contributed by atoms with Crippen LogP contribution in [0, 0.1) is 0 Å². The normalized spacial score (nSPS) is 20.2. The monoisotopic (exact) mass is 582 g/mol. The number of hydrogen-bond donors (Lipinski definition) is 4. The van der Waals surface area contributed by atoms with Crippen LogP contribution in [0.1, 0.15) is 39.5 Å². The Morgan fingerprint density at radius 2 is 1.02 bits per heavy atom. The highest BCUT2D eigenvalue weighted by Crippen LogP contribution is 2.36. The van der Waals surface area contributed by atoms with Crippen molar-refractivity contribution in [2.24, 2.45) is 0 Å². The van der Waals surface area contributed by atoms with E-state index in [-0.39, 0.29) is 75.7 Å². The number of nitrogens with one attached hydrogen (secondary N) is 4. The molecule has 15 heteroatoms. The number of carbonyl (C=O) groups excluding carboxylic acids is 6. The Bertz CT molecular complexity index is 937. The van der Waals surface area contributed by atoms with E-state index in [1.807, 2.05) is 0 Å². The van der Waals surface area contributed by atoms with Crippen molar-refractivity contribution in [3.05, 3.63) is 24.3 Å². The standard InChI is InChI=1S/C26H38N4O11/c1-15(2)23(33)39-11-9-37-21(31)5-7-27-25(35)29-17-13-19-20(41-19)14-18(17)30-26(36)28-8-6-22(32)38-10-12-40-24(34)16(3)4/h17-20H,1,3,5-14H2,2,4H3,(H2,27,29,35)(H2,28,30,36)/t17?,18?,19-,20?/m1/s1. The van der Waals surface area contributed by atoms with E-state index in [1.54, 1.807) is 0 Å². The van der Waals surface area contributed by atoms with Gasteiger partial charge in [0.1, 0.15) is 26.4 Å². The first kappa shape index (κ1) is 33.1. The van der Waals surface area contributed by atoms with Crippen LogP contribution in [0.15, 0.2) is 24.3 Å². The molecule has 0 bridgehead atoms. The molecule has 1 heterocycles. The fraction of sp³-hybridized carbons (Fsp3) is 0.615. The number of hydrogen-bond acceptors (Lipinski definition) is 11. The largest absolute Gasteiger partial charge is 0.462 e. The van der Waals surface area contributed by atoms with E-state index in [2.05, 4.69) is 34.4 Å². The molecule has 1 aliphatic heterocycles. The summed E-state index contributed by atoms with van der Waals surface area (Å²) < 4.78 is 25.0. The Kier molecular flexibility index (Phi) is 13.6. The first-order chi connectivity index (χ1) is 19.5. The molecule has 0 spiro atoms. The van der Waals surface area contributed by atoms with Crippen LogP contribution in [0.4, 0.5) is 9.59 Å². The van der Waals surface area contributed by atoms with Crippen molar-refractivity contribution in [1.82, 2.24) is 21.3 Å². The van der Waals surface area contributed by atoms with Crippen LogP contribution in [0.3, 0.4) is 0 Å². The van der Waals surface area contributed by atoms with E-state index in [0.717, 1.165) is 0 Å². The van der Waals surface area contributed by atoms with Gasteiger partial charge in [0.15, 0.2) is 0 Å². The third-order valence-corrected chi connectivity index (χ3v) is 5.86. The summed E-state index contributed by atoms with van der Waals surface area (Å²) in [6.45, 7) is 9.48. The predicted octanol–water partition coefficient (Wildman–Crippen LogP) is -0.0116. The molecule has 2 rings (SSSR count). The number of urea groups is 2. The maximum absolute atomic E-state index is 12.4. The molecule has 1 aliphatic carbocycles. The van der Waals surface area contributed by atoms with Gasteiger partial charge >= 0.3 is 35.9 Å². The van der Waals surface area contributed by atoms with E-state index < -0.39 is 48.0 Å². The van der Waals surface area contributed by atoms with Crippen molar-refractivity contribution in [2.75, 3.05) is 39.5 Å². The first-order valence-corrected chi connectivity index (χ1v) is 13.2. The smallest absolute Gasteiger partial charge is 0.333 e. The maximum atomic E-state index is 12.4. The zero-order valence-electron chi connectivity index (χ0n) is 23.3. The zero-order chi connectivity index (χ0) is 30.4. The molecule has 0 aromatic heterocycles. The minimum absolute atomic E-state index is 0.000181. The zero-order valence-corrected chi connectivity index (χ0v) is 23.3. The van der Waals surface area contributed by atoms with Crippen molar-refractivity contribution < 1.29 is 52.5 Å². The number of amides is 4. The van der Waals surface area contributed by atoms with Crippen LogP contribution < -0.4 is 21.3 Å². The third kappa shape index (κ3) is 13.2. The average molecular weight is 583 g/mol. The molecule has 41 heavy (non-hydrogen) atoms. The number of ether oxygens (including phenoxy) is 5. The van der Waals surface area contributed by atoms with E-state index in [4.69, 9.17) is 23.7 Å². The summed E-state index contributed by atoms with van der Waals surface area (Å²) in [7, 11) is 0. The maximum Gasteiger partial charge on any atom is 0.333 e. The second kappa shape index (κ2) is 16.8. The molecule has 4 atom stereocenters. The first-order valence-electron chi connectivity index (χ1n) is 13.2. The summed E-state index contributed by atoms with van der Waals surface area (Å²) in [6, 6.07) is -1.90. The number of rotatable bonds is 16. The Hall–Kier alpha value is -4.14. The van der Waals surface area contributed by atoms with Crippen molar-refractivity contribution in [2.45, 2.75) is 63.8 Å². The summed E-state index contributed by atoms with van der Waals surface area (Å²) in [4.78, 5) is 70.8. The van der Waals surface area contributed by atoms with Gasteiger partial charge in [-0.3, -0.25) is 9.59 Å². The highest BCUT2D eigenvalue weighted by molar-refractivity contribution is 5.87. The fourth-order valence-corrected chi connectivity index (χ4v) is 3.71. The summed E-state index contributed by atoms with van der Waals surface area (Å²) in [6.07, 6.45) is 0.811. The molecule has 0 radical (unpaired) electrons. The third-order valence-electron chi connectivity index (χ3n) is 5.86. The molecule has 4 amide bonds. The van der Waals surface area contributed by atoms with Crippen molar-refractivity contribution in [1.29, 1.82) is 0 Å². The number of carbonyl (C=O) groups is 6. The van der Waals surface area contributed by atoms with Gasteiger partial charge in [0.25, 0.3) is 0 Å². The summed E-state index contributed by atoms with van der Waals surface area (Å²) in [5, 5.41) is 10.7. The van der Waals surface area contributed by atoms with E-state index in [0.29, 0.717) is 12.8 Å². The van der Waals surface area contributed by atoms with Gasteiger partial charge in [-0.1, -0.05) is 13.2 Å². The Morgan fingerprint density at radius 1 is 0.659 bits per heavy atom. The molecule has 2 aliphatic rings. The summed E-state index contributed by atoms with van der Waals surface area (Å²) >= 11 is 0. The van der Waals surface area contributed by atoms with Crippen molar-refractivity contribution in [3.63, 3.8) is 0 Å². The van der Waals surface area contributed by atoms with Gasteiger partial charge in [-0.05, 0) is 26.7 Å². The van der Waals surface area contributed by atoms with Gasteiger partial charge in [0.2, 0.25) is 0 Å². The molecule has 3 unspecified atom stereocenters. The lowest BCUT2D eigenvalue weighted by atomic mass is 9.90. The van der Waals surface area contributed by atoms with Gasteiger partial charge in [0.05, 0.1) is 37.1 Å². The topological polar surface area (TPSA) is 200 Å². The Labute approximate surface area is 237 Å². The molecule has 1 saturated heterocycles. The van der Waals surface area contributed by atoms with Crippen LogP contribution in [-0.2, 0) is 42.9 Å². The number of epoxide rings is 1. The Balaban J connectivity index is 1.62. The lowest BCUT2D eigenvalue weighted by molar-refractivity contribution is -0.150. The minimum Gasteiger partial charge on any atom is -0.462 e. The highest BCUT2D eigenvalue weighted by Gasteiger charge is 2.49.